The number of hydrogen-bond donors (Lipinski definition) is 0. The molecule has 7 nitrogen and oxygen atoms in total. The lowest BCUT2D eigenvalue weighted by Gasteiger charge is -2.33. The van der Waals surface area contributed by atoms with E-state index in [1.807, 2.05) is 17.4 Å². The number of benzene rings is 1. The summed E-state index contributed by atoms with van der Waals surface area (Å²) in [5, 5.41) is 0. The molecule has 0 spiro atoms. The number of fused-ring (bicyclic) bond motifs is 1. The Balaban J connectivity index is 1.58. The number of likely N-dealkylation sites (tertiary alicyclic amines) is 1. The van der Waals surface area contributed by atoms with Crippen LogP contribution in [0, 0.1) is 0 Å². The van der Waals surface area contributed by atoms with Gasteiger partial charge in [-0.2, -0.15) is 0 Å². The molecule has 25 heavy (non-hydrogen) atoms. The molecule has 0 radical (unpaired) electrons. The second-order valence-electron chi connectivity index (χ2n) is 6.26. The van der Waals surface area contributed by atoms with Crippen molar-refractivity contribution < 1.29 is 19.0 Å². The first-order chi connectivity index (χ1) is 12.3. The van der Waals surface area contributed by atoms with E-state index < -0.39 is 0 Å². The Morgan fingerprint density at radius 3 is 3.00 bits per heavy atom. The van der Waals surface area contributed by atoms with Gasteiger partial charge in [0.25, 0.3) is 5.91 Å². The highest BCUT2D eigenvalue weighted by Crippen LogP contribution is 2.40. The molecule has 0 N–H and O–H groups in total. The number of aromatic nitrogens is 2. The van der Waals surface area contributed by atoms with Gasteiger partial charge in [0.05, 0.1) is 19.5 Å². The minimum atomic E-state index is -0.0138. The Morgan fingerprint density at radius 1 is 1.32 bits per heavy atom. The second-order valence-corrected chi connectivity index (χ2v) is 6.26. The molecule has 1 aromatic heterocycles. The van der Waals surface area contributed by atoms with E-state index in [1.165, 1.54) is 0 Å². The van der Waals surface area contributed by atoms with E-state index in [1.54, 1.807) is 25.4 Å². The lowest BCUT2D eigenvalue weighted by molar-refractivity contribution is 0.0677. The smallest absolute Gasteiger partial charge is 0.254 e. The van der Waals surface area contributed by atoms with Gasteiger partial charge in [0, 0.05) is 31.0 Å². The first-order valence-corrected chi connectivity index (χ1v) is 8.50. The first kappa shape index (κ1) is 15.8. The SMILES string of the molecule is COc1cc(C(=O)N2CCCC(n3ccnc3)C2)cc2c1OCCO2. The molecular formula is C18H21N3O4. The van der Waals surface area contributed by atoms with Crippen LogP contribution < -0.4 is 14.2 Å². The molecular weight excluding hydrogens is 322 g/mol. The van der Waals surface area contributed by atoms with Crippen LogP contribution >= 0.6 is 0 Å². The summed E-state index contributed by atoms with van der Waals surface area (Å²) in [5.74, 6) is 1.65. The van der Waals surface area contributed by atoms with Gasteiger partial charge in [-0.15, -0.1) is 0 Å². The normalized spacial score (nSPS) is 19.6. The topological polar surface area (TPSA) is 65.8 Å². The zero-order chi connectivity index (χ0) is 17.2. The highest BCUT2D eigenvalue weighted by Gasteiger charge is 2.27. The zero-order valence-corrected chi connectivity index (χ0v) is 14.2. The van der Waals surface area contributed by atoms with Crippen molar-refractivity contribution in [2.24, 2.45) is 0 Å². The summed E-state index contributed by atoms with van der Waals surface area (Å²) < 4.78 is 18.7. The first-order valence-electron chi connectivity index (χ1n) is 8.50. The molecule has 1 aromatic carbocycles. The Kier molecular flexibility index (Phi) is 4.21. The van der Waals surface area contributed by atoms with Crippen LogP contribution in [0.1, 0.15) is 29.2 Å². The average Bonchev–Trinajstić information content (AvgIpc) is 3.21. The number of nitrogens with zero attached hydrogens (tertiary/aromatic N) is 3. The second kappa shape index (κ2) is 6.66. The van der Waals surface area contributed by atoms with E-state index in [4.69, 9.17) is 14.2 Å². The summed E-state index contributed by atoms with van der Waals surface area (Å²) in [5.41, 5.74) is 0.562. The zero-order valence-electron chi connectivity index (χ0n) is 14.2. The maximum Gasteiger partial charge on any atom is 0.254 e. The van der Waals surface area contributed by atoms with Crippen molar-refractivity contribution in [2.75, 3.05) is 33.4 Å². The van der Waals surface area contributed by atoms with Gasteiger partial charge in [-0.25, -0.2) is 4.98 Å². The van der Waals surface area contributed by atoms with Crippen molar-refractivity contribution in [3.05, 3.63) is 36.4 Å². The van der Waals surface area contributed by atoms with Crippen LogP contribution in [0.15, 0.2) is 30.9 Å². The van der Waals surface area contributed by atoms with Crippen molar-refractivity contribution in [1.29, 1.82) is 0 Å². The third-order valence-corrected chi connectivity index (χ3v) is 4.71. The fourth-order valence-electron chi connectivity index (χ4n) is 3.45. The summed E-state index contributed by atoms with van der Waals surface area (Å²) in [6.45, 7) is 2.38. The molecule has 0 aliphatic carbocycles. The third-order valence-electron chi connectivity index (χ3n) is 4.71. The molecule has 2 aliphatic rings. The maximum absolute atomic E-state index is 13.0. The minimum absolute atomic E-state index is 0.0138. The number of rotatable bonds is 3. The van der Waals surface area contributed by atoms with Gasteiger partial charge in [0.2, 0.25) is 5.75 Å². The van der Waals surface area contributed by atoms with Gasteiger partial charge in [0.1, 0.15) is 13.2 Å². The van der Waals surface area contributed by atoms with E-state index in [-0.39, 0.29) is 11.9 Å². The number of imidazole rings is 1. The molecule has 4 rings (SSSR count). The van der Waals surface area contributed by atoms with Crippen LogP contribution in [0.2, 0.25) is 0 Å². The molecule has 1 amide bonds. The van der Waals surface area contributed by atoms with Crippen molar-refractivity contribution in [1.82, 2.24) is 14.5 Å². The molecule has 0 bridgehead atoms. The van der Waals surface area contributed by atoms with E-state index >= 15 is 0 Å². The van der Waals surface area contributed by atoms with E-state index in [0.717, 1.165) is 19.4 Å². The van der Waals surface area contributed by atoms with Crippen LogP contribution in [0.3, 0.4) is 0 Å². The number of methoxy groups -OCH3 is 1. The monoisotopic (exact) mass is 343 g/mol. The lowest BCUT2D eigenvalue weighted by Crippen LogP contribution is -2.40. The van der Waals surface area contributed by atoms with Crippen LogP contribution in [-0.4, -0.2) is 53.8 Å². The van der Waals surface area contributed by atoms with Crippen molar-refractivity contribution in [2.45, 2.75) is 18.9 Å². The van der Waals surface area contributed by atoms with E-state index in [9.17, 15) is 4.79 Å². The van der Waals surface area contributed by atoms with Crippen molar-refractivity contribution in [3.63, 3.8) is 0 Å². The molecule has 3 heterocycles. The molecule has 1 saturated heterocycles. The number of piperidine rings is 1. The largest absolute Gasteiger partial charge is 0.493 e. The van der Waals surface area contributed by atoms with Gasteiger partial charge >= 0.3 is 0 Å². The van der Waals surface area contributed by atoms with Gasteiger partial charge in [-0.05, 0) is 25.0 Å². The van der Waals surface area contributed by atoms with Gasteiger partial charge in [0.15, 0.2) is 11.5 Å². The molecule has 132 valence electrons. The third kappa shape index (κ3) is 3.01. The Labute approximate surface area is 146 Å². The van der Waals surface area contributed by atoms with Crippen LogP contribution in [0.4, 0.5) is 0 Å². The van der Waals surface area contributed by atoms with Gasteiger partial charge in [-0.3, -0.25) is 4.79 Å². The predicted molar refractivity (Wildman–Crippen MR) is 90.4 cm³/mol. The Bertz CT molecular complexity index is 743. The minimum Gasteiger partial charge on any atom is -0.493 e. The lowest BCUT2D eigenvalue weighted by atomic mass is 10.0. The summed E-state index contributed by atoms with van der Waals surface area (Å²) in [4.78, 5) is 19.0. The molecule has 7 heteroatoms. The highest BCUT2D eigenvalue weighted by molar-refractivity contribution is 5.95. The standard InChI is InChI=1S/C18H21N3O4/c1-23-15-9-13(10-16-17(15)25-8-7-24-16)18(22)20-5-2-3-14(11-20)21-6-4-19-12-21/h4,6,9-10,12,14H,2-3,5,7-8,11H2,1H3. The highest BCUT2D eigenvalue weighted by atomic mass is 16.6. The predicted octanol–water partition coefficient (Wildman–Crippen LogP) is 2.14. The van der Waals surface area contributed by atoms with E-state index in [0.29, 0.717) is 42.6 Å². The summed E-state index contributed by atoms with van der Waals surface area (Å²) in [6, 6.07) is 3.75. The average molecular weight is 343 g/mol. The number of hydrogen-bond acceptors (Lipinski definition) is 5. The fourth-order valence-corrected chi connectivity index (χ4v) is 3.45. The van der Waals surface area contributed by atoms with Crippen LogP contribution in [0.25, 0.3) is 0 Å². The molecule has 2 aromatic rings. The molecule has 2 aliphatic heterocycles. The molecule has 0 saturated carbocycles. The Morgan fingerprint density at radius 2 is 2.20 bits per heavy atom. The molecule has 1 atom stereocenters. The molecule has 1 fully saturated rings. The van der Waals surface area contributed by atoms with Crippen LogP contribution in [0.5, 0.6) is 17.2 Å². The number of carbonyl (C=O) groups is 1. The quantitative estimate of drug-likeness (QED) is 0.854. The number of carbonyl (C=O) groups excluding carboxylic acids is 1. The summed E-state index contributed by atoms with van der Waals surface area (Å²) >= 11 is 0. The van der Waals surface area contributed by atoms with Crippen molar-refractivity contribution in [3.8, 4) is 17.2 Å². The van der Waals surface area contributed by atoms with Crippen molar-refractivity contribution >= 4 is 5.91 Å². The number of ether oxygens (including phenoxy) is 3. The van der Waals surface area contributed by atoms with E-state index in [2.05, 4.69) is 9.55 Å². The van der Waals surface area contributed by atoms with Gasteiger partial charge in [-0.1, -0.05) is 0 Å². The number of amides is 1. The molecule has 1 unspecified atom stereocenters. The maximum atomic E-state index is 13.0. The van der Waals surface area contributed by atoms with Gasteiger partial charge < -0.3 is 23.7 Å². The summed E-state index contributed by atoms with van der Waals surface area (Å²) in [7, 11) is 1.57. The fraction of sp³-hybridized carbons (Fsp3) is 0.444. The Hall–Kier alpha value is -2.70. The van der Waals surface area contributed by atoms with Crippen LogP contribution in [-0.2, 0) is 0 Å². The summed E-state index contributed by atoms with van der Waals surface area (Å²) in [6.07, 6.45) is 7.55.